The molecule has 0 atom stereocenters. The molecule has 5 nitrogen and oxygen atoms in total. The summed E-state index contributed by atoms with van der Waals surface area (Å²) >= 11 is 3.59. The van der Waals surface area contributed by atoms with E-state index in [1.54, 1.807) is 0 Å². The zero-order chi connectivity index (χ0) is 20.1. The van der Waals surface area contributed by atoms with Crippen molar-refractivity contribution in [3.8, 4) is 11.5 Å². The third kappa shape index (κ3) is 4.61. The largest absolute Gasteiger partial charge is 0.490 e. The summed E-state index contributed by atoms with van der Waals surface area (Å²) in [7, 11) is 2.07. The topological polar surface area (TPSA) is 42.0 Å². The van der Waals surface area contributed by atoms with Crippen LogP contribution in [-0.4, -0.2) is 44.2 Å². The number of likely N-dealkylation sites (N-methyl/N-ethyl adjacent to an activating group) is 1. The molecule has 3 rings (SSSR count). The second-order valence-electron chi connectivity index (χ2n) is 6.80. The number of carbonyl (C=O) groups excluding carboxylic acids is 1. The van der Waals surface area contributed by atoms with E-state index < -0.39 is 0 Å². The van der Waals surface area contributed by atoms with E-state index in [9.17, 15) is 4.79 Å². The van der Waals surface area contributed by atoms with E-state index in [2.05, 4.69) is 40.0 Å². The molecule has 6 heteroatoms. The molecule has 0 fully saturated rings. The quantitative estimate of drug-likeness (QED) is 0.664. The van der Waals surface area contributed by atoms with E-state index in [0.29, 0.717) is 44.2 Å². The lowest BCUT2D eigenvalue weighted by atomic mass is 10.1. The summed E-state index contributed by atoms with van der Waals surface area (Å²) in [6, 6.07) is 12.1. The van der Waals surface area contributed by atoms with Gasteiger partial charge in [-0.25, -0.2) is 0 Å². The molecular weight excluding hydrogens is 420 g/mol. The van der Waals surface area contributed by atoms with Crippen LogP contribution in [-0.2, 0) is 17.8 Å². The summed E-state index contributed by atoms with van der Waals surface area (Å²) < 4.78 is 12.2. The van der Waals surface area contributed by atoms with Crippen molar-refractivity contribution in [3.05, 3.63) is 52.0 Å². The highest BCUT2D eigenvalue weighted by atomic mass is 79.9. The summed E-state index contributed by atoms with van der Waals surface area (Å²) in [4.78, 5) is 17.2. The number of carbonyl (C=O) groups is 1. The van der Waals surface area contributed by atoms with Gasteiger partial charge in [-0.2, -0.15) is 0 Å². The number of anilines is 1. The van der Waals surface area contributed by atoms with Crippen molar-refractivity contribution >= 4 is 27.5 Å². The summed E-state index contributed by atoms with van der Waals surface area (Å²) in [5.41, 5.74) is 3.28. The van der Waals surface area contributed by atoms with Gasteiger partial charge in [-0.3, -0.25) is 4.79 Å². The highest BCUT2D eigenvalue weighted by molar-refractivity contribution is 9.10. The van der Waals surface area contributed by atoms with Crippen molar-refractivity contribution in [2.75, 3.05) is 38.3 Å². The first kappa shape index (κ1) is 20.5. The van der Waals surface area contributed by atoms with Crippen LogP contribution in [0.4, 0.5) is 5.69 Å². The number of nitrogens with zero attached hydrogens (tertiary/aromatic N) is 2. The Labute approximate surface area is 175 Å². The molecule has 2 aromatic carbocycles. The standard InChI is InChI=1S/C22H27BrN2O3/c1-4-27-20-12-17(18(23)14-21(20)28-5-2)13-22(26)25-11-10-24(3)19-9-7-6-8-16(19)15-25/h6-9,12,14H,4-5,10-11,13,15H2,1-3H3. The number of ether oxygens (including phenoxy) is 2. The Kier molecular flexibility index (Phi) is 6.83. The molecule has 2 aromatic rings. The molecule has 150 valence electrons. The minimum absolute atomic E-state index is 0.109. The summed E-state index contributed by atoms with van der Waals surface area (Å²) in [5.74, 6) is 1.48. The lowest BCUT2D eigenvalue weighted by Gasteiger charge is -2.22. The van der Waals surface area contributed by atoms with E-state index in [0.717, 1.165) is 16.6 Å². The molecule has 0 saturated carbocycles. The lowest BCUT2D eigenvalue weighted by molar-refractivity contribution is -0.130. The Morgan fingerprint density at radius 3 is 2.46 bits per heavy atom. The number of fused-ring (bicyclic) bond motifs is 1. The molecule has 1 amide bonds. The molecule has 0 unspecified atom stereocenters. The molecule has 1 aliphatic heterocycles. The minimum Gasteiger partial charge on any atom is -0.490 e. The smallest absolute Gasteiger partial charge is 0.227 e. The Morgan fingerprint density at radius 1 is 1.07 bits per heavy atom. The second kappa shape index (κ2) is 9.32. The first-order valence-electron chi connectivity index (χ1n) is 9.68. The SMILES string of the molecule is CCOc1cc(Br)c(CC(=O)N2CCN(C)c3ccccc3C2)cc1OCC. The molecule has 1 aliphatic rings. The van der Waals surface area contributed by atoms with E-state index >= 15 is 0 Å². The van der Waals surface area contributed by atoms with Gasteiger partial charge in [-0.15, -0.1) is 0 Å². The number of hydrogen-bond donors (Lipinski definition) is 0. The predicted octanol–water partition coefficient (Wildman–Crippen LogP) is 4.27. The van der Waals surface area contributed by atoms with Gasteiger partial charge in [0.1, 0.15) is 0 Å². The molecule has 0 N–H and O–H groups in total. The summed E-state index contributed by atoms with van der Waals surface area (Å²) in [6.07, 6.45) is 0.318. The van der Waals surface area contributed by atoms with Crippen LogP contribution in [0.1, 0.15) is 25.0 Å². The van der Waals surface area contributed by atoms with Gasteiger partial charge >= 0.3 is 0 Å². The first-order chi connectivity index (χ1) is 13.5. The summed E-state index contributed by atoms with van der Waals surface area (Å²) in [5, 5.41) is 0. The van der Waals surface area contributed by atoms with Gasteiger partial charge in [0.15, 0.2) is 11.5 Å². The Bertz CT molecular complexity index is 841. The van der Waals surface area contributed by atoms with E-state index in [1.807, 2.05) is 43.0 Å². The van der Waals surface area contributed by atoms with Gasteiger partial charge in [0.25, 0.3) is 0 Å². The monoisotopic (exact) mass is 446 g/mol. The van der Waals surface area contributed by atoms with Crippen molar-refractivity contribution in [1.82, 2.24) is 4.90 Å². The molecular formula is C22H27BrN2O3. The van der Waals surface area contributed by atoms with Gasteiger partial charge < -0.3 is 19.3 Å². The maximum Gasteiger partial charge on any atom is 0.227 e. The van der Waals surface area contributed by atoms with Gasteiger partial charge in [-0.05, 0) is 43.2 Å². The molecule has 0 spiro atoms. The van der Waals surface area contributed by atoms with Crippen molar-refractivity contribution in [2.45, 2.75) is 26.8 Å². The molecule has 1 heterocycles. The van der Waals surface area contributed by atoms with Crippen LogP contribution in [0.25, 0.3) is 0 Å². The van der Waals surface area contributed by atoms with Crippen molar-refractivity contribution < 1.29 is 14.3 Å². The fourth-order valence-electron chi connectivity index (χ4n) is 3.43. The highest BCUT2D eigenvalue weighted by Gasteiger charge is 2.22. The van der Waals surface area contributed by atoms with Crippen LogP contribution in [0.15, 0.2) is 40.9 Å². The van der Waals surface area contributed by atoms with Gasteiger partial charge in [-0.1, -0.05) is 34.1 Å². The van der Waals surface area contributed by atoms with Crippen LogP contribution in [0.3, 0.4) is 0 Å². The Hall–Kier alpha value is -2.21. The lowest BCUT2D eigenvalue weighted by Crippen LogP contribution is -2.35. The third-order valence-corrected chi connectivity index (χ3v) is 5.61. The fraction of sp³-hybridized carbons (Fsp3) is 0.409. The van der Waals surface area contributed by atoms with Gasteiger partial charge in [0.2, 0.25) is 5.91 Å². The maximum atomic E-state index is 13.1. The van der Waals surface area contributed by atoms with Crippen molar-refractivity contribution in [3.63, 3.8) is 0 Å². The molecule has 0 bridgehead atoms. The zero-order valence-corrected chi connectivity index (χ0v) is 18.3. The number of halogens is 1. The fourth-order valence-corrected chi connectivity index (χ4v) is 3.89. The van der Waals surface area contributed by atoms with Crippen molar-refractivity contribution in [1.29, 1.82) is 0 Å². The Balaban J connectivity index is 1.80. The molecule has 28 heavy (non-hydrogen) atoms. The third-order valence-electron chi connectivity index (χ3n) is 4.88. The van der Waals surface area contributed by atoms with Gasteiger partial charge in [0, 0.05) is 36.8 Å². The average molecular weight is 447 g/mol. The first-order valence-corrected chi connectivity index (χ1v) is 10.5. The molecule has 0 aliphatic carbocycles. The van der Waals surface area contributed by atoms with Crippen LogP contribution >= 0.6 is 15.9 Å². The number of para-hydroxylation sites is 1. The molecule has 0 radical (unpaired) electrons. The maximum absolute atomic E-state index is 13.1. The number of rotatable bonds is 6. The molecule has 0 aromatic heterocycles. The minimum atomic E-state index is 0.109. The average Bonchev–Trinajstić information content (AvgIpc) is 2.85. The predicted molar refractivity (Wildman–Crippen MR) is 115 cm³/mol. The van der Waals surface area contributed by atoms with Crippen LogP contribution in [0.5, 0.6) is 11.5 Å². The number of benzene rings is 2. The Morgan fingerprint density at radius 2 is 1.75 bits per heavy atom. The van der Waals surface area contributed by atoms with E-state index in [-0.39, 0.29) is 5.91 Å². The van der Waals surface area contributed by atoms with Gasteiger partial charge in [0.05, 0.1) is 19.6 Å². The zero-order valence-electron chi connectivity index (χ0n) is 16.7. The van der Waals surface area contributed by atoms with E-state index in [4.69, 9.17) is 9.47 Å². The number of amides is 1. The number of hydrogen-bond acceptors (Lipinski definition) is 4. The second-order valence-corrected chi connectivity index (χ2v) is 7.65. The van der Waals surface area contributed by atoms with E-state index in [1.165, 1.54) is 11.3 Å². The summed E-state index contributed by atoms with van der Waals surface area (Å²) in [6.45, 7) is 7.14. The molecule has 0 saturated heterocycles. The van der Waals surface area contributed by atoms with Crippen LogP contribution in [0.2, 0.25) is 0 Å². The highest BCUT2D eigenvalue weighted by Crippen LogP contribution is 2.34. The van der Waals surface area contributed by atoms with Crippen LogP contribution < -0.4 is 14.4 Å². The normalized spacial score (nSPS) is 13.7. The van der Waals surface area contributed by atoms with Crippen molar-refractivity contribution in [2.24, 2.45) is 0 Å². The van der Waals surface area contributed by atoms with Crippen LogP contribution in [0, 0.1) is 0 Å².